The minimum Gasteiger partial charge on any atom is -0.352 e. The topological polar surface area (TPSA) is 50.4 Å². The number of carbonyl (C=O) groups excluding carboxylic acids is 1. The molecule has 0 bridgehead atoms. The molecule has 148 valence electrons. The van der Waals surface area contributed by atoms with Crippen molar-refractivity contribution in [1.82, 2.24) is 5.48 Å². The molecule has 1 aliphatic rings. The van der Waals surface area contributed by atoms with Gasteiger partial charge in [-0.3, -0.25) is 9.63 Å². The van der Waals surface area contributed by atoms with Gasteiger partial charge in [-0.15, -0.1) is 0 Å². The van der Waals surface area contributed by atoms with Gasteiger partial charge in [-0.1, -0.05) is 30.3 Å². The number of anilines is 1. The molecule has 1 amide bonds. The SMILES string of the molecule is C/C=C\CC(=O)NOCC1CC1.C=C(Nc1ccc(I)cc1Cl)/C(F)=C/F. The van der Waals surface area contributed by atoms with Crippen LogP contribution in [-0.4, -0.2) is 12.5 Å². The fraction of sp³-hybridized carbons (Fsp3) is 0.316. The summed E-state index contributed by atoms with van der Waals surface area (Å²) in [6.45, 7) is 5.88. The van der Waals surface area contributed by atoms with Crippen LogP contribution in [0.1, 0.15) is 26.2 Å². The Balaban J connectivity index is 0.000000277. The minimum atomic E-state index is -1.05. The number of hydrogen-bond acceptors (Lipinski definition) is 3. The van der Waals surface area contributed by atoms with Crippen molar-refractivity contribution in [2.45, 2.75) is 26.2 Å². The van der Waals surface area contributed by atoms with E-state index in [1.54, 1.807) is 24.3 Å². The van der Waals surface area contributed by atoms with Crippen molar-refractivity contribution in [1.29, 1.82) is 0 Å². The Morgan fingerprint density at radius 3 is 2.74 bits per heavy atom. The zero-order valence-electron chi connectivity index (χ0n) is 14.9. The summed E-state index contributed by atoms with van der Waals surface area (Å²) in [6.07, 6.45) is 6.38. The Morgan fingerprint density at radius 2 is 2.19 bits per heavy atom. The normalized spacial score (nSPS) is 13.7. The van der Waals surface area contributed by atoms with Crippen LogP contribution in [0.25, 0.3) is 0 Å². The van der Waals surface area contributed by atoms with Crippen LogP contribution in [0.4, 0.5) is 14.5 Å². The number of benzene rings is 1. The quantitative estimate of drug-likeness (QED) is 0.193. The Kier molecular flexibility index (Phi) is 11.2. The van der Waals surface area contributed by atoms with Gasteiger partial charge >= 0.3 is 0 Å². The summed E-state index contributed by atoms with van der Waals surface area (Å²) in [6, 6.07) is 5.16. The average molecular weight is 511 g/mol. The van der Waals surface area contributed by atoms with Crippen LogP contribution < -0.4 is 10.8 Å². The lowest BCUT2D eigenvalue weighted by molar-refractivity contribution is -0.133. The Morgan fingerprint density at radius 1 is 1.48 bits per heavy atom. The van der Waals surface area contributed by atoms with E-state index >= 15 is 0 Å². The number of hydrogen-bond donors (Lipinski definition) is 2. The summed E-state index contributed by atoms with van der Waals surface area (Å²) < 4.78 is 25.5. The second-order valence-electron chi connectivity index (χ2n) is 5.74. The zero-order valence-corrected chi connectivity index (χ0v) is 17.8. The van der Waals surface area contributed by atoms with Gasteiger partial charge in [-0.2, -0.15) is 0 Å². The predicted octanol–water partition coefficient (Wildman–Crippen LogP) is 6.06. The number of allylic oxidation sites excluding steroid dienone is 2. The molecule has 4 nitrogen and oxygen atoms in total. The van der Waals surface area contributed by atoms with Crippen LogP contribution in [0.15, 0.2) is 54.8 Å². The highest BCUT2D eigenvalue weighted by Crippen LogP contribution is 2.28. The molecule has 2 N–H and O–H groups in total. The molecular weight excluding hydrogens is 489 g/mol. The van der Waals surface area contributed by atoms with E-state index in [1.165, 1.54) is 12.8 Å². The molecule has 1 aliphatic carbocycles. The third kappa shape index (κ3) is 10.5. The molecule has 0 unspecified atom stereocenters. The van der Waals surface area contributed by atoms with Crippen molar-refractivity contribution in [3.8, 4) is 0 Å². The van der Waals surface area contributed by atoms with Crippen molar-refractivity contribution >= 4 is 45.8 Å². The summed E-state index contributed by atoms with van der Waals surface area (Å²) in [4.78, 5) is 15.9. The largest absolute Gasteiger partial charge is 0.352 e. The van der Waals surface area contributed by atoms with Crippen LogP contribution in [-0.2, 0) is 9.63 Å². The van der Waals surface area contributed by atoms with Crippen LogP contribution in [0, 0.1) is 9.49 Å². The van der Waals surface area contributed by atoms with Gasteiger partial charge < -0.3 is 5.32 Å². The molecule has 2 rings (SSSR count). The first-order chi connectivity index (χ1) is 12.9. The lowest BCUT2D eigenvalue weighted by Gasteiger charge is -2.09. The van der Waals surface area contributed by atoms with Crippen molar-refractivity contribution in [3.05, 3.63) is 63.4 Å². The lowest BCUT2D eigenvalue weighted by atomic mass is 10.3. The van der Waals surface area contributed by atoms with Gasteiger partial charge in [0.25, 0.3) is 0 Å². The van der Waals surface area contributed by atoms with Crippen LogP contribution >= 0.6 is 34.2 Å². The van der Waals surface area contributed by atoms with Gasteiger partial charge in [0.2, 0.25) is 5.91 Å². The van der Waals surface area contributed by atoms with Gasteiger partial charge in [-0.25, -0.2) is 14.3 Å². The van der Waals surface area contributed by atoms with Crippen molar-refractivity contribution in [2.75, 3.05) is 11.9 Å². The van der Waals surface area contributed by atoms with Gasteiger partial charge in [0.1, 0.15) is 6.33 Å². The maximum atomic E-state index is 12.7. The number of halogens is 4. The Labute approximate surface area is 176 Å². The van der Waals surface area contributed by atoms with E-state index in [1.807, 2.05) is 13.0 Å². The molecule has 27 heavy (non-hydrogen) atoms. The molecule has 1 aromatic rings. The molecule has 1 saturated carbocycles. The van der Waals surface area contributed by atoms with Crippen molar-refractivity contribution < 1.29 is 18.4 Å². The minimum absolute atomic E-state index is 0.0752. The number of amides is 1. The maximum Gasteiger partial charge on any atom is 0.247 e. The second kappa shape index (κ2) is 12.9. The molecule has 0 aromatic heterocycles. The first-order valence-corrected chi connectivity index (χ1v) is 9.72. The summed E-state index contributed by atoms with van der Waals surface area (Å²) in [5.74, 6) is -0.439. The van der Waals surface area contributed by atoms with Gasteiger partial charge in [0.05, 0.1) is 23.0 Å². The van der Waals surface area contributed by atoms with Crippen LogP contribution in [0.2, 0.25) is 5.02 Å². The van der Waals surface area contributed by atoms with E-state index in [4.69, 9.17) is 16.4 Å². The lowest BCUT2D eigenvalue weighted by Crippen LogP contribution is -2.23. The summed E-state index contributed by atoms with van der Waals surface area (Å²) >= 11 is 7.97. The fourth-order valence-electron chi connectivity index (χ4n) is 1.67. The highest BCUT2D eigenvalue weighted by atomic mass is 127. The zero-order chi connectivity index (χ0) is 20.2. The van der Waals surface area contributed by atoms with E-state index < -0.39 is 5.83 Å². The third-order valence-electron chi connectivity index (χ3n) is 3.34. The fourth-order valence-corrected chi connectivity index (χ4v) is 2.57. The number of hydroxylamine groups is 1. The molecule has 0 heterocycles. The molecule has 0 saturated heterocycles. The first kappa shape index (κ1) is 23.6. The molecule has 0 atom stereocenters. The molecule has 8 heteroatoms. The maximum absolute atomic E-state index is 12.7. The monoisotopic (exact) mass is 510 g/mol. The first-order valence-electron chi connectivity index (χ1n) is 8.26. The van der Waals surface area contributed by atoms with E-state index in [-0.39, 0.29) is 17.9 Å². The van der Waals surface area contributed by atoms with Crippen molar-refractivity contribution in [2.24, 2.45) is 5.92 Å². The molecule has 1 fully saturated rings. The number of carbonyl (C=O) groups is 1. The van der Waals surface area contributed by atoms with Gasteiger partial charge in [-0.05, 0) is 66.5 Å². The summed E-state index contributed by atoms with van der Waals surface area (Å²) in [5, 5.41) is 3.00. The van der Waals surface area contributed by atoms with E-state index in [0.29, 0.717) is 29.7 Å². The summed E-state index contributed by atoms with van der Waals surface area (Å²) in [5.41, 5.74) is 2.72. The smallest absolute Gasteiger partial charge is 0.247 e. The van der Waals surface area contributed by atoms with E-state index in [0.717, 1.165) is 3.57 Å². The standard InChI is InChI=1S/C10H7ClF2IN.C9H15NO2/c1-6(9(13)5-12)15-10-3-2-7(14)4-8(10)11;1-2-3-4-9(11)10-12-7-8-5-6-8/h2-5,15H,1H2;2-3,8H,4-7H2,1H3,(H,10,11)/b9-5-;3-2-. The van der Waals surface area contributed by atoms with E-state index in [2.05, 4.69) is 40.0 Å². The number of rotatable bonds is 8. The van der Waals surface area contributed by atoms with Gasteiger partial charge in [0.15, 0.2) is 5.83 Å². The van der Waals surface area contributed by atoms with Crippen LogP contribution in [0.5, 0.6) is 0 Å². The highest BCUT2D eigenvalue weighted by Gasteiger charge is 2.21. The third-order valence-corrected chi connectivity index (χ3v) is 4.33. The molecule has 0 aliphatic heterocycles. The Hall–Kier alpha value is -1.45. The van der Waals surface area contributed by atoms with E-state index in [9.17, 15) is 13.6 Å². The molecular formula is C19H22ClF2IN2O2. The predicted molar refractivity (Wildman–Crippen MR) is 113 cm³/mol. The van der Waals surface area contributed by atoms with Crippen molar-refractivity contribution in [3.63, 3.8) is 0 Å². The molecule has 0 spiro atoms. The molecule has 1 aromatic carbocycles. The highest BCUT2D eigenvalue weighted by molar-refractivity contribution is 14.1. The Bertz CT molecular complexity index is 707. The summed E-state index contributed by atoms with van der Waals surface area (Å²) in [7, 11) is 0. The average Bonchev–Trinajstić information content (AvgIpc) is 3.46. The molecule has 0 radical (unpaired) electrons. The van der Waals surface area contributed by atoms with Gasteiger partial charge in [0, 0.05) is 9.99 Å². The second-order valence-corrected chi connectivity index (χ2v) is 7.39. The number of nitrogens with one attached hydrogen (secondary N) is 2. The van der Waals surface area contributed by atoms with Crippen LogP contribution in [0.3, 0.4) is 0 Å².